The van der Waals surface area contributed by atoms with E-state index in [2.05, 4.69) is 20.5 Å². The molecular weight excluding hydrogens is 453 g/mol. The van der Waals surface area contributed by atoms with Crippen molar-refractivity contribution in [2.75, 3.05) is 38.1 Å². The second-order valence-corrected chi connectivity index (χ2v) is 9.54. The van der Waals surface area contributed by atoms with Crippen molar-refractivity contribution in [3.63, 3.8) is 0 Å². The number of ether oxygens (including phenoxy) is 1. The normalized spacial score (nSPS) is 23.4. The summed E-state index contributed by atoms with van der Waals surface area (Å²) in [6.45, 7) is 3.28. The molecule has 182 valence electrons. The molecule has 0 aliphatic carbocycles. The third kappa shape index (κ3) is 4.07. The van der Waals surface area contributed by atoms with Crippen molar-refractivity contribution in [3.05, 3.63) is 63.8 Å². The van der Waals surface area contributed by atoms with Gasteiger partial charge in [-0.05, 0) is 35.7 Å². The molecule has 5 heterocycles. The van der Waals surface area contributed by atoms with Gasteiger partial charge in [0.1, 0.15) is 5.82 Å². The van der Waals surface area contributed by atoms with E-state index < -0.39 is 6.10 Å². The summed E-state index contributed by atoms with van der Waals surface area (Å²) in [5, 5.41) is 17.6. The quantitative estimate of drug-likeness (QED) is 0.485. The molecule has 3 aliphatic heterocycles. The number of nitrogens with zero attached hydrogens (tertiary/aromatic N) is 3. The lowest BCUT2D eigenvalue weighted by molar-refractivity contribution is -0.118. The van der Waals surface area contributed by atoms with Gasteiger partial charge >= 0.3 is 0 Å². The maximum atomic E-state index is 14.8. The molecule has 10 heteroatoms. The van der Waals surface area contributed by atoms with Gasteiger partial charge in [-0.3, -0.25) is 14.5 Å². The van der Waals surface area contributed by atoms with Gasteiger partial charge in [-0.15, -0.1) is 0 Å². The number of benzene rings is 1. The van der Waals surface area contributed by atoms with Crippen LogP contribution < -0.4 is 20.9 Å². The van der Waals surface area contributed by atoms with Crippen molar-refractivity contribution >= 4 is 22.6 Å². The molecule has 0 bridgehead atoms. The van der Waals surface area contributed by atoms with Gasteiger partial charge in [0.25, 0.3) is 11.5 Å². The first-order valence-electron chi connectivity index (χ1n) is 11.8. The number of amides is 1. The number of likely N-dealkylation sites (tertiary alicyclic amines) is 1. The van der Waals surface area contributed by atoms with Crippen LogP contribution in [-0.2, 0) is 17.9 Å². The van der Waals surface area contributed by atoms with E-state index in [-0.39, 0.29) is 35.7 Å². The van der Waals surface area contributed by atoms with Gasteiger partial charge in [-0.2, -0.15) is 0 Å². The minimum atomic E-state index is -0.501. The maximum Gasteiger partial charge on any atom is 0.263 e. The van der Waals surface area contributed by atoms with Gasteiger partial charge < -0.3 is 25.0 Å². The Balaban J connectivity index is 1.08. The van der Waals surface area contributed by atoms with E-state index in [9.17, 15) is 19.1 Å². The third-order valence-electron chi connectivity index (χ3n) is 7.15. The predicted octanol–water partition coefficient (Wildman–Crippen LogP) is 1.05. The lowest BCUT2D eigenvalue weighted by Gasteiger charge is -2.21. The molecule has 3 unspecified atom stereocenters. The number of carbonyl (C=O) groups is 1. The van der Waals surface area contributed by atoms with Crippen molar-refractivity contribution < 1.29 is 19.0 Å². The number of aliphatic hydroxyl groups excluding tert-OH is 1. The number of anilines is 1. The first-order chi connectivity index (χ1) is 17.0. The van der Waals surface area contributed by atoms with Gasteiger partial charge in [0.15, 0.2) is 18.2 Å². The topological polar surface area (TPSA) is 109 Å². The molecule has 0 saturated carbocycles. The largest absolute Gasteiger partial charge is 0.480 e. The average Bonchev–Trinajstić information content (AvgIpc) is 3.39. The highest BCUT2D eigenvalue weighted by molar-refractivity contribution is 5.94. The fourth-order valence-corrected chi connectivity index (χ4v) is 5.52. The molecule has 9 nitrogen and oxygen atoms in total. The first kappa shape index (κ1) is 22.1. The molecular formula is C25H26FN5O4. The Labute approximate surface area is 200 Å². The van der Waals surface area contributed by atoms with E-state index in [0.29, 0.717) is 61.9 Å². The van der Waals surface area contributed by atoms with E-state index in [1.54, 1.807) is 22.8 Å². The molecule has 2 aromatic heterocycles. The third-order valence-corrected chi connectivity index (χ3v) is 7.15. The van der Waals surface area contributed by atoms with Gasteiger partial charge in [0, 0.05) is 62.7 Å². The molecule has 35 heavy (non-hydrogen) atoms. The Morgan fingerprint density at radius 2 is 2.00 bits per heavy atom. The maximum absolute atomic E-state index is 14.8. The molecule has 0 radical (unpaired) electrons. The summed E-state index contributed by atoms with van der Waals surface area (Å²) in [7, 11) is 0. The number of carbonyl (C=O) groups excluding carboxylic acids is 1. The number of aliphatic hydroxyl groups is 1. The zero-order chi connectivity index (χ0) is 24.1. The summed E-state index contributed by atoms with van der Waals surface area (Å²) >= 11 is 0. The minimum absolute atomic E-state index is 0.00613. The van der Waals surface area contributed by atoms with E-state index in [4.69, 9.17) is 4.74 Å². The Morgan fingerprint density at radius 3 is 2.89 bits per heavy atom. The van der Waals surface area contributed by atoms with Crippen LogP contribution in [0.4, 0.5) is 10.2 Å². The zero-order valence-corrected chi connectivity index (χ0v) is 19.0. The number of pyridine rings is 2. The molecule has 3 atom stereocenters. The number of nitrogens with one attached hydrogen (secondary N) is 2. The molecule has 6 rings (SSSR count). The van der Waals surface area contributed by atoms with Gasteiger partial charge in [-0.25, -0.2) is 9.37 Å². The number of β-amino-alcohol motifs (C(OH)–C–C–N with tert-alkyl or cyclic N) is 1. The summed E-state index contributed by atoms with van der Waals surface area (Å²) in [6, 6.07) is 10.1. The number of halogens is 1. The highest BCUT2D eigenvalue weighted by Gasteiger charge is 2.35. The number of hydrogen-bond acceptors (Lipinski definition) is 7. The zero-order valence-electron chi connectivity index (χ0n) is 19.0. The van der Waals surface area contributed by atoms with Crippen molar-refractivity contribution in [2.24, 2.45) is 5.92 Å². The van der Waals surface area contributed by atoms with Crippen LogP contribution in [0.15, 0.2) is 41.2 Å². The van der Waals surface area contributed by atoms with Gasteiger partial charge in [0.05, 0.1) is 17.3 Å². The molecule has 1 saturated heterocycles. The molecule has 3 aliphatic rings. The molecule has 1 amide bonds. The average molecular weight is 480 g/mol. The Bertz CT molecular complexity index is 1380. The van der Waals surface area contributed by atoms with E-state index in [1.807, 2.05) is 6.07 Å². The molecule has 1 aromatic carbocycles. The second-order valence-electron chi connectivity index (χ2n) is 9.54. The molecule has 3 aromatic rings. The standard InChI is InChI=1S/C25H26FN5O4/c26-18-4-1-14-2-6-22(34)31-11-16(23(18)24(14)31)10-30-9-15(19(32)12-30)7-27-8-17-3-5-20-25(28-17)29-21(33)13-35-20/h1-6,15-16,19,27,32H,7-13H2,(H,28,29,33). The number of hydrogen-bond donors (Lipinski definition) is 3. The van der Waals surface area contributed by atoms with Crippen LogP contribution in [0.25, 0.3) is 10.9 Å². The summed E-state index contributed by atoms with van der Waals surface area (Å²) in [5.41, 5.74) is 1.94. The van der Waals surface area contributed by atoms with Crippen LogP contribution in [0.3, 0.4) is 0 Å². The van der Waals surface area contributed by atoms with E-state index >= 15 is 0 Å². The molecule has 3 N–H and O–H groups in total. The van der Waals surface area contributed by atoms with Crippen molar-refractivity contribution in [1.29, 1.82) is 0 Å². The smallest absolute Gasteiger partial charge is 0.263 e. The number of rotatable bonds is 6. The van der Waals surface area contributed by atoms with Crippen LogP contribution in [-0.4, -0.2) is 64.4 Å². The van der Waals surface area contributed by atoms with Gasteiger partial charge in [-0.1, -0.05) is 0 Å². The summed E-state index contributed by atoms with van der Waals surface area (Å²) in [6.07, 6.45) is -0.501. The van der Waals surface area contributed by atoms with Crippen LogP contribution >= 0.6 is 0 Å². The fraction of sp³-hybridized carbons (Fsp3) is 0.400. The lowest BCUT2D eigenvalue weighted by Crippen LogP contribution is -2.31. The monoisotopic (exact) mass is 479 g/mol. The minimum Gasteiger partial charge on any atom is -0.480 e. The number of fused-ring (bicyclic) bond motifs is 1. The highest BCUT2D eigenvalue weighted by Crippen LogP contribution is 2.36. The molecule has 0 spiro atoms. The van der Waals surface area contributed by atoms with Gasteiger partial charge in [0.2, 0.25) is 0 Å². The lowest BCUT2D eigenvalue weighted by atomic mass is 9.98. The first-order valence-corrected chi connectivity index (χ1v) is 11.8. The Kier molecular flexibility index (Phi) is 5.51. The van der Waals surface area contributed by atoms with Crippen LogP contribution in [0, 0.1) is 11.7 Å². The fourth-order valence-electron chi connectivity index (χ4n) is 5.52. The number of aromatic nitrogens is 2. The van der Waals surface area contributed by atoms with Crippen LogP contribution in [0.2, 0.25) is 0 Å². The summed E-state index contributed by atoms with van der Waals surface area (Å²) in [4.78, 5) is 30.5. The van der Waals surface area contributed by atoms with E-state index in [1.165, 1.54) is 12.1 Å². The summed E-state index contributed by atoms with van der Waals surface area (Å²) < 4.78 is 21.8. The Hall–Kier alpha value is -3.34. The van der Waals surface area contributed by atoms with Crippen molar-refractivity contribution in [2.45, 2.75) is 25.1 Å². The second kappa shape index (κ2) is 8.71. The van der Waals surface area contributed by atoms with Crippen molar-refractivity contribution in [3.8, 4) is 5.75 Å². The van der Waals surface area contributed by atoms with Crippen LogP contribution in [0.1, 0.15) is 17.2 Å². The van der Waals surface area contributed by atoms with Crippen LogP contribution in [0.5, 0.6) is 5.75 Å². The predicted molar refractivity (Wildman–Crippen MR) is 127 cm³/mol. The molecule has 1 fully saturated rings. The summed E-state index contributed by atoms with van der Waals surface area (Å²) in [5.74, 6) is 0.352. The highest BCUT2D eigenvalue weighted by atomic mass is 19.1. The Morgan fingerprint density at radius 1 is 1.14 bits per heavy atom. The van der Waals surface area contributed by atoms with E-state index in [0.717, 1.165) is 11.1 Å². The van der Waals surface area contributed by atoms with Crippen molar-refractivity contribution in [1.82, 2.24) is 19.8 Å². The SMILES string of the molecule is O=C1COc2ccc(CNCC3CN(CC4Cn5c(=O)ccc6ccc(F)c4c65)CC3O)nc2N1.